The van der Waals surface area contributed by atoms with Crippen molar-refractivity contribution in [1.29, 1.82) is 0 Å². The normalized spacial score (nSPS) is 15.6. The third kappa shape index (κ3) is 1.25. The minimum atomic E-state index is 0.337. The predicted octanol–water partition coefficient (Wildman–Crippen LogP) is 3.33. The Kier molecular flexibility index (Phi) is 2.14. The molecule has 0 fully saturated rings. The molecule has 0 N–H and O–H groups in total. The fourth-order valence-electron chi connectivity index (χ4n) is 2.45. The zero-order valence-corrected chi connectivity index (χ0v) is 10.2. The van der Waals surface area contributed by atoms with Gasteiger partial charge in [-0.2, -0.15) is 11.3 Å². The molecule has 1 aromatic heterocycles. The lowest BCUT2D eigenvalue weighted by Gasteiger charge is -2.27. The van der Waals surface area contributed by atoms with E-state index in [1.54, 1.807) is 11.3 Å². The van der Waals surface area contributed by atoms with Gasteiger partial charge >= 0.3 is 0 Å². The number of hydrogen-bond acceptors (Lipinski definition) is 3. The zero-order valence-electron chi connectivity index (χ0n) is 9.42. The Morgan fingerprint density at radius 1 is 1.00 bits per heavy atom. The van der Waals surface area contributed by atoms with E-state index in [9.17, 15) is 0 Å². The Balaban J connectivity index is 2.08. The summed E-state index contributed by atoms with van der Waals surface area (Å²) in [5, 5.41) is 4.36. The van der Waals surface area contributed by atoms with Crippen LogP contribution in [0.25, 0.3) is 0 Å². The third-order valence-corrected chi connectivity index (χ3v) is 3.92. The first kappa shape index (κ1) is 9.73. The van der Waals surface area contributed by atoms with E-state index in [4.69, 9.17) is 0 Å². The van der Waals surface area contributed by atoms with Gasteiger partial charge in [-0.05, 0) is 29.0 Å². The number of nitrogens with zero attached hydrogens (tertiary/aromatic N) is 2. The second-order valence-corrected chi connectivity index (χ2v) is 4.92. The summed E-state index contributed by atoms with van der Waals surface area (Å²) in [4.78, 5) is 4.66. The molecule has 1 aromatic carbocycles. The Labute approximate surface area is 99.7 Å². The van der Waals surface area contributed by atoms with Crippen LogP contribution in [0.4, 0.5) is 11.4 Å². The maximum Gasteiger partial charge on any atom is 0.128 e. The molecule has 1 aliphatic rings. The van der Waals surface area contributed by atoms with E-state index in [-0.39, 0.29) is 0 Å². The number of benzene rings is 1. The molecule has 0 unspecified atom stereocenters. The van der Waals surface area contributed by atoms with Crippen LogP contribution in [0.15, 0.2) is 41.1 Å². The number of hydrogen-bond donors (Lipinski definition) is 0. The molecule has 0 atom stereocenters. The molecule has 2 nitrogen and oxygen atoms in total. The molecule has 2 heterocycles. The number of fused-ring (bicyclic) bond motifs is 1. The largest absolute Gasteiger partial charge is 0.349 e. The number of para-hydroxylation sites is 2. The summed E-state index contributed by atoms with van der Waals surface area (Å²) in [5.74, 6) is 0. The van der Waals surface area contributed by atoms with Gasteiger partial charge in [0, 0.05) is 19.7 Å². The van der Waals surface area contributed by atoms with E-state index in [1.165, 1.54) is 16.9 Å². The summed E-state index contributed by atoms with van der Waals surface area (Å²) < 4.78 is 0. The van der Waals surface area contributed by atoms with Crippen molar-refractivity contribution in [3.8, 4) is 0 Å². The molecule has 82 valence electrons. The van der Waals surface area contributed by atoms with Crippen molar-refractivity contribution < 1.29 is 0 Å². The van der Waals surface area contributed by atoms with Gasteiger partial charge in [0.2, 0.25) is 0 Å². The van der Waals surface area contributed by atoms with Crippen molar-refractivity contribution in [2.75, 3.05) is 23.9 Å². The van der Waals surface area contributed by atoms with Crippen molar-refractivity contribution >= 4 is 22.7 Å². The lowest BCUT2D eigenvalue weighted by Crippen LogP contribution is -2.30. The Bertz CT molecular complexity index is 463. The maximum atomic E-state index is 2.33. The van der Waals surface area contributed by atoms with Gasteiger partial charge in [-0.1, -0.05) is 12.1 Å². The fourth-order valence-corrected chi connectivity index (χ4v) is 3.12. The van der Waals surface area contributed by atoms with Crippen LogP contribution in [0.3, 0.4) is 0 Å². The number of thiophene rings is 1. The highest BCUT2D eigenvalue weighted by atomic mass is 32.1. The zero-order chi connectivity index (χ0) is 11.1. The van der Waals surface area contributed by atoms with Crippen LogP contribution in [0.2, 0.25) is 0 Å². The van der Waals surface area contributed by atoms with Crippen molar-refractivity contribution in [3.63, 3.8) is 0 Å². The SMILES string of the molecule is CN1c2ccccc2N(C)C1c1ccsc1. The molecular weight excluding hydrogens is 216 g/mol. The van der Waals surface area contributed by atoms with Gasteiger partial charge in [-0.25, -0.2) is 0 Å². The third-order valence-electron chi connectivity index (χ3n) is 3.22. The molecule has 0 bridgehead atoms. The highest BCUT2D eigenvalue weighted by Gasteiger charge is 2.31. The van der Waals surface area contributed by atoms with Gasteiger partial charge in [0.15, 0.2) is 0 Å². The lowest BCUT2D eigenvalue weighted by molar-refractivity contribution is 0.697. The summed E-state index contributed by atoms with van der Waals surface area (Å²) in [6.45, 7) is 0. The topological polar surface area (TPSA) is 6.48 Å². The van der Waals surface area contributed by atoms with E-state index < -0.39 is 0 Å². The van der Waals surface area contributed by atoms with Crippen LogP contribution in [0.5, 0.6) is 0 Å². The molecule has 0 saturated heterocycles. The van der Waals surface area contributed by atoms with Gasteiger partial charge in [-0.15, -0.1) is 0 Å². The van der Waals surface area contributed by atoms with Crippen LogP contribution in [0, 0.1) is 0 Å². The quantitative estimate of drug-likeness (QED) is 0.741. The van der Waals surface area contributed by atoms with Crippen LogP contribution in [0.1, 0.15) is 11.7 Å². The maximum absolute atomic E-state index is 2.33. The standard InChI is InChI=1S/C13H14N2S/c1-14-11-5-3-4-6-12(11)15(2)13(14)10-7-8-16-9-10/h3-9,13H,1-2H3. The van der Waals surface area contributed by atoms with Crippen LogP contribution in [-0.4, -0.2) is 14.1 Å². The molecule has 1 aliphatic heterocycles. The smallest absolute Gasteiger partial charge is 0.128 e. The molecule has 2 aromatic rings. The number of rotatable bonds is 1. The first-order chi connectivity index (χ1) is 7.79. The first-order valence-corrected chi connectivity index (χ1v) is 6.30. The first-order valence-electron chi connectivity index (χ1n) is 5.36. The Hall–Kier alpha value is -1.48. The van der Waals surface area contributed by atoms with E-state index in [1.807, 2.05) is 0 Å². The molecule has 0 amide bonds. The average Bonchev–Trinajstić information content (AvgIpc) is 2.89. The summed E-state index contributed by atoms with van der Waals surface area (Å²) in [6.07, 6.45) is 0.337. The van der Waals surface area contributed by atoms with Crippen LogP contribution >= 0.6 is 11.3 Å². The monoisotopic (exact) mass is 230 g/mol. The summed E-state index contributed by atoms with van der Waals surface area (Å²) in [7, 11) is 4.31. The second-order valence-electron chi connectivity index (χ2n) is 4.14. The van der Waals surface area contributed by atoms with Gasteiger partial charge in [0.05, 0.1) is 11.4 Å². The summed E-state index contributed by atoms with van der Waals surface area (Å²) >= 11 is 1.76. The number of anilines is 2. The molecule has 3 heteroatoms. The molecular formula is C13H14N2S. The second kappa shape index (κ2) is 3.52. The highest BCUT2D eigenvalue weighted by molar-refractivity contribution is 7.08. The van der Waals surface area contributed by atoms with Gasteiger partial charge in [-0.3, -0.25) is 0 Å². The molecule has 16 heavy (non-hydrogen) atoms. The molecule has 0 radical (unpaired) electrons. The van der Waals surface area contributed by atoms with Crippen molar-refractivity contribution in [3.05, 3.63) is 46.7 Å². The fraction of sp³-hybridized carbons (Fsp3) is 0.231. The van der Waals surface area contributed by atoms with Crippen molar-refractivity contribution in [2.24, 2.45) is 0 Å². The Morgan fingerprint density at radius 2 is 1.62 bits per heavy atom. The molecule has 0 spiro atoms. The van der Waals surface area contributed by atoms with Gasteiger partial charge < -0.3 is 9.80 Å². The lowest BCUT2D eigenvalue weighted by atomic mass is 10.2. The van der Waals surface area contributed by atoms with E-state index >= 15 is 0 Å². The van der Waals surface area contributed by atoms with E-state index in [0.717, 1.165) is 0 Å². The minimum Gasteiger partial charge on any atom is -0.349 e. The van der Waals surface area contributed by atoms with Crippen LogP contribution < -0.4 is 9.80 Å². The summed E-state index contributed by atoms with van der Waals surface area (Å²) in [5.41, 5.74) is 3.98. The van der Waals surface area contributed by atoms with E-state index in [2.05, 4.69) is 65.0 Å². The van der Waals surface area contributed by atoms with Crippen molar-refractivity contribution in [1.82, 2.24) is 0 Å². The molecule has 0 aliphatic carbocycles. The summed E-state index contributed by atoms with van der Waals surface area (Å²) in [6, 6.07) is 10.8. The highest BCUT2D eigenvalue weighted by Crippen LogP contribution is 2.44. The molecule has 3 rings (SSSR count). The average molecular weight is 230 g/mol. The minimum absolute atomic E-state index is 0.337. The van der Waals surface area contributed by atoms with Crippen molar-refractivity contribution in [2.45, 2.75) is 6.17 Å². The van der Waals surface area contributed by atoms with Crippen LogP contribution in [-0.2, 0) is 0 Å². The Morgan fingerprint density at radius 3 is 2.12 bits per heavy atom. The van der Waals surface area contributed by atoms with Gasteiger partial charge in [0.25, 0.3) is 0 Å². The van der Waals surface area contributed by atoms with Gasteiger partial charge in [0.1, 0.15) is 6.17 Å². The van der Waals surface area contributed by atoms with E-state index in [0.29, 0.717) is 6.17 Å². The molecule has 0 saturated carbocycles. The predicted molar refractivity (Wildman–Crippen MR) is 70.3 cm³/mol.